The van der Waals surface area contributed by atoms with E-state index >= 15 is 0 Å². The third-order valence-electron chi connectivity index (χ3n) is 4.15. The average molecular weight is 363 g/mol. The topological polar surface area (TPSA) is 90.4 Å². The number of amides is 3. The molecule has 0 atom stereocenters. The monoisotopic (exact) mass is 363 g/mol. The number of aliphatic hydroxyl groups excluding tert-OH is 1. The molecule has 0 radical (unpaired) electrons. The molecule has 1 aromatic carbocycles. The molecule has 2 rings (SSSR count). The highest BCUT2D eigenvalue weighted by atomic mass is 16.6. The average Bonchev–Trinajstić information content (AvgIpc) is 2.67. The van der Waals surface area contributed by atoms with Crippen molar-refractivity contribution in [1.82, 2.24) is 14.7 Å². The van der Waals surface area contributed by atoms with Crippen molar-refractivity contribution in [3.8, 4) is 0 Å². The van der Waals surface area contributed by atoms with Crippen molar-refractivity contribution in [3.05, 3.63) is 35.9 Å². The standard InChI is InChI=1S/C18H25N3O5/c1-2-26-18(25)20-10-8-19(9-11-20)16(23)17(24)21(12-13-22)14-15-6-4-3-5-7-15/h3-7,22H,2,8-14H2,1H3. The van der Waals surface area contributed by atoms with Gasteiger partial charge in [-0.05, 0) is 12.5 Å². The number of carbonyl (C=O) groups is 3. The summed E-state index contributed by atoms with van der Waals surface area (Å²) in [5, 5.41) is 9.23. The predicted molar refractivity (Wildman–Crippen MR) is 94.1 cm³/mol. The lowest BCUT2D eigenvalue weighted by atomic mass is 10.2. The molecule has 8 heteroatoms. The third-order valence-corrected chi connectivity index (χ3v) is 4.15. The van der Waals surface area contributed by atoms with E-state index in [9.17, 15) is 19.5 Å². The minimum Gasteiger partial charge on any atom is -0.450 e. The molecule has 0 unspecified atom stereocenters. The molecule has 1 saturated heterocycles. The largest absolute Gasteiger partial charge is 0.450 e. The first-order valence-corrected chi connectivity index (χ1v) is 8.71. The Morgan fingerprint density at radius 2 is 1.69 bits per heavy atom. The van der Waals surface area contributed by atoms with Gasteiger partial charge in [0.2, 0.25) is 0 Å². The van der Waals surface area contributed by atoms with Crippen LogP contribution in [0.25, 0.3) is 0 Å². The fraction of sp³-hybridized carbons (Fsp3) is 0.500. The second kappa shape index (κ2) is 9.76. The molecule has 1 aliphatic heterocycles. The maximum Gasteiger partial charge on any atom is 0.409 e. The Bertz CT molecular complexity index is 615. The van der Waals surface area contributed by atoms with Crippen LogP contribution in [0.2, 0.25) is 0 Å². The molecule has 0 spiro atoms. The predicted octanol–water partition coefficient (Wildman–Crippen LogP) is 0.308. The van der Waals surface area contributed by atoms with Gasteiger partial charge in [-0.1, -0.05) is 30.3 Å². The summed E-state index contributed by atoms with van der Waals surface area (Å²) in [6.45, 7) is 3.38. The van der Waals surface area contributed by atoms with Gasteiger partial charge in [0.05, 0.1) is 13.2 Å². The quantitative estimate of drug-likeness (QED) is 0.761. The van der Waals surface area contributed by atoms with Crippen molar-refractivity contribution in [2.24, 2.45) is 0 Å². The highest BCUT2D eigenvalue weighted by molar-refractivity contribution is 6.34. The Labute approximate surface area is 152 Å². The molecule has 1 fully saturated rings. The zero-order chi connectivity index (χ0) is 18.9. The number of ether oxygens (including phenoxy) is 1. The number of piperazine rings is 1. The van der Waals surface area contributed by atoms with E-state index in [0.29, 0.717) is 19.7 Å². The van der Waals surface area contributed by atoms with Gasteiger partial charge in [-0.2, -0.15) is 0 Å². The molecule has 26 heavy (non-hydrogen) atoms. The molecule has 0 bridgehead atoms. The van der Waals surface area contributed by atoms with Crippen molar-refractivity contribution in [2.75, 3.05) is 45.9 Å². The zero-order valence-electron chi connectivity index (χ0n) is 15.0. The minimum absolute atomic E-state index is 0.0856. The van der Waals surface area contributed by atoms with Crippen LogP contribution in [0.4, 0.5) is 4.79 Å². The van der Waals surface area contributed by atoms with Gasteiger partial charge in [0.15, 0.2) is 0 Å². The van der Waals surface area contributed by atoms with Gasteiger partial charge in [0.25, 0.3) is 0 Å². The van der Waals surface area contributed by atoms with Crippen molar-refractivity contribution in [1.29, 1.82) is 0 Å². The van der Waals surface area contributed by atoms with Crippen LogP contribution >= 0.6 is 0 Å². The van der Waals surface area contributed by atoms with E-state index in [2.05, 4.69) is 0 Å². The molecular weight excluding hydrogens is 338 g/mol. The van der Waals surface area contributed by atoms with Gasteiger partial charge in [0, 0.05) is 39.3 Å². The second-order valence-corrected chi connectivity index (χ2v) is 5.91. The first kappa shape index (κ1) is 19.7. The molecule has 0 aliphatic carbocycles. The van der Waals surface area contributed by atoms with Crippen LogP contribution in [0.5, 0.6) is 0 Å². The third kappa shape index (κ3) is 5.19. The van der Waals surface area contributed by atoms with E-state index in [0.717, 1.165) is 5.56 Å². The van der Waals surface area contributed by atoms with Crippen molar-refractivity contribution in [2.45, 2.75) is 13.5 Å². The van der Waals surface area contributed by atoms with E-state index in [1.807, 2.05) is 30.3 Å². The lowest BCUT2D eigenvalue weighted by Crippen LogP contribution is -2.54. The van der Waals surface area contributed by atoms with E-state index in [1.54, 1.807) is 6.92 Å². The summed E-state index contributed by atoms with van der Waals surface area (Å²) < 4.78 is 4.94. The van der Waals surface area contributed by atoms with Crippen LogP contribution in [0.15, 0.2) is 30.3 Å². The van der Waals surface area contributed by atoms with Gasteiger partial charge in [-0.25, -0.2) is 4.79 Å². The van der Waals surface area contributed by atoms with Gasteiger partial charge >= 0.3 is 17.9 Å². The summed E-state index contributed by atoms with van der Waals surface area (Å²) in [6, 6.07) is 9.30. The molecular formula is C18H25N3O5. The Balaban J connectivity index is 1.94. The molecule has 1 aliphatic rings. The second-order valence-electron chi connectivity index (χ2n) is 5.91. The minimum atomic E-state index is -0.646. The zero-order valence-corrected chi connectivity index (χ0v) is 15.0. The normalized spacial score (nSPS) is 14.1. The molecule has 1 N–H and O–H groups in total. The summed E-state index contributed by atoms with van der Waals surface area (Å²) in [7, 11) is 0. The summed E-state index contributed by atoms with van der Waals surface area (Å²) in [6.07, 6.45) is -0.406. The molecule has 142 valence electrons. The van der Waals surface area contributed by atoms with Crippen molar-refractivity contribution >= 4 is 17.9 Å². The Morgan fingerprint density at radius 3 is 2.27 bits per heavy atom. The van der Waals surface area contributed by atoms with Crippen molar-refractivity contribution in [3.63, 3.8) is 0 Å². The lowest BCUT2D eigenvalue weighted by molar-refractivity contribution is -0.153. The van der Waals surface area contributed by atoms with Crippen LogP contribution in [0, 0.1) is 0 Å². The van der Waals surface area contributed by atoms with E-state index in [-0.39, 0.29) is 32.8 Å². The maximum absolute atomic E-state index is 12.6. The maximum atomic E-state index is 12.6. The molecule has 1 heterocycles. The van der Waals surface area contributed by atoms with Gasteiger partial charge in [-0.3, -0.25) is 9.59 Å². The fourth-order valence-electron chi connectivity index (χ4n) is 2.75. The Hall–Kier alpha value is -2.61. The number of hydrogen-bond donors (Lipinski definition) is 1. The first-order valence-electron chi connectivity index (χ1n) is 8.71. The molecule has 3 amide bonds. The Kier molecular flexibility index (Phi) is 7.40. The van der Waals surface area contributed by atoms with Gasteiger partial charge < -0.3 is 24.5 Å². The van der Waals surface area contributed by atoms with Crippen LogP contribution < -0.4 is 0 Å². The van der Waals surface area contributed by atoms with Crippen molar-refractivity contribution < 1.29 is 24.2 Å². The van der Waals surface area contributed by atoms with Gasteiger partial charge in [-0.15, -0.1) is 0 Å². The Morgan fingerprint density at radius 1 is 1.08 bits per heavy atom. The van der Waals surface area contributed by atoms with Gasteiger partial charge in [0.1, 0.15) is 0 Å². The summed E-state index contributed by atoms with van der Waals surface area (Å²) >= 11 is 0. The SMILES string of the molecule is CCOC(=O)N1CCN(C(=O)C(=O)N(CCO)Cc2ccccc2)CC1. The van der Waals surface area contributed by atoms with Crippen LogP contribution in [0.1, 0.15) is 12.5 Å². The lowest BCUT2D eigenvalue weighted by Gasteiger charge is -2.34. The van der Waals surface area contributed by atoms with Crippen LogP contribution in [0.3, 0.4) is 0 Å². The summed E-state index contributed by atoms with van der Waals surface area (Å²) in [5.74, 6) is -1.26. The molecule has 0 aromatic heterocycles. The first-order chi connectivity index (χ1) is 12.6. The van der Waals surface area contributed by atoms with E-state index < -0.39 is 17.9 Å². The number of aliphatic hydroxyl groups is 1. The number of hydrogen-bond acceptors (Lipinski definition) is 5. The fourth-order valence-corrected chi connectivity index (χ4v) is 2.75. The number of carbonyl (C=O) groups excluding carboxylic acids is 3. The number of rotatable bonds is 5. The molecule has 8 nitrogen and oxygen atoms in total. The molecule has 0 saturated carbocycles. The smallest absolute Gasteiger partial charge is 0.409 e. The van der Waals surface area contributed by atoms with E-state index in [4.69, 9.17) is 4.74 Å². The summed E-state index contributed by atoms with van der Waals surface area (Å²) in [4.78, 5) is 41.1. The summed E-state index contributed by atoms with van der Waals surface area (Å²) in [5.41, 5.74) is 0.884. The highest BCUT2D eigenvalue weighted by Gasteiger charge is 2.31. The van der Waals surface area contributed by atoms with Crippen LogP contribution in [-0.4, -0.2) is 83.7 Å². The highest BCUT2D eigenvalue weighted by Crippen LogP contribution is 2.09. The number of nitrogens with zero attached hydrogens (tertiary/aromatic N) is 3. The molecule has 1 aromatic rings. The van der Waals surface area contributed by atoms with Crippen LogP contribution in [-0.2, 0) is 20.9 Å². The number of benzene rings is 1. The van der Waals surface area contributed by atoms with E-state index in [1.165, 1.54) is 14.7 Å².